The predicted molar refractivity (Wildman–Crippen MR) is 91.6 cm³/mol. The molecule has 0 fully saturated rings. The summed E-state index contributed by atoms with van der Waals surface area (Å²) in [6, 6.07) is 19.0. The van der Waals surface area contributed by atoms with Crippen molar-refractivity contribution in [1.82, 2.24) is 0 Å². The number of ether oxygens (including phenoxy) is 1. The van der Waals surface area contributed by atoms with Crippen LogP contribution in [0.3, 0.4) is 0 Å². The number of esters is 1. The van der Waals surface area contributed by atoms with Crippen molar-refractivity contribution in [3.05, 3.63) is 89.2 Å². The fourth-order valence-corrected chi connectivity index (χ4v) is 2.62. The molecule has 122 valence electrons. The van der Waals surface area contributed by atoms with Crippen LogP contribution in [0.2, 0.25) is 0 Å². The van der Waals surface area contributed by atoms with Crippen molar-refractivity contribution in [2.75, 3.05) is 0 Å². The molecular formula is C20H12O5. The lowest BCUT2D eigenvalue weighted by molar-refractivity contribution is 0.0701. The number of hydrogen-bond donors (Lipinski definition) is 0. The van der Waals surface area contributed by atoms with Crippen molar-refractivity contribution in [2.45, 2.75) is 0 Å². The third-order valence-electron chi connectivity index (χ3n) is 3.73. The van der Waals surface area contributed by atoms with E-state index in [2.05, 4.69) is 0 Å². The van der Waals surface area contributed by atoms with E-state index in [4.69, 9.17) is 13.6 Å². The molecule has 0 aliphatic carbocycles. The largest absolute Gasteiger partial charge is 0.457 e. The number of carbonyl (C=O) groups excluding carboxylic acids is 1. The van der Waals surface area contributed by atoms with Crippen molar-refractivity contribution >= 4 is 16.9 Å². The van der Waals surface area contributed by atoms with E-state index in [9.17, 15) is 9.59 Å². The summed E-state index contributed by atoms with van der Waals surface area (Å²) in [5.74, 6) is -0.257. The molecule has 5 heteroatoms. The van der Waals surface area contributed by atoms with Gasteiger partial charge in [-0.2, -0.15) is 0 Å². The van der Waals surface area contributed by atoms with Gasteiger partial charge in [0.25, 0.3) is 0 Å². The molecule has 0 N–H and O–H groups in total. The van der Waals surface area contributed by atoms with E-state index >= 15 is 0 Å². The van der Waals surface area contributed by atoms with E-state index in [-0.39, 0.29) is 11.5 Å². The molecule has 0 spiro atoms. The lowest BCUT2D eigenvalue weighted by Crippen LogP contribution is -2.07. The smallest absolute Gasteiger partial charge is 0.379 e. The van der Waals surface area contributed by atoms with E-state index < -0.39 is 11.6 Å². The van der Waals surface area contributed by atoms with Crippen molar-refractivity contribution in [3.8, 4) is 16.9 Å². The number of fused-ring (bicyclic) bond motifs is 1. The lowest BCUT2D eigenvalue weighted by Gasteiger charge is -2.07. The van der Waals surface area contributed by atoms with Gasteiger partial charge in [-0.25, -0.2) is 9.59 Å². The van der Waals surface area contributed by atoms with E-state index in [1.165, 1.54) is 24.5 Å². The Morgan fingerprint density at radius 3 is 2.52 bits per heavy atom. The molecule has 25 heavy (non-hydrogen) atoms. The number of furan rings is 1. The molecule has 5 nitrogen and oxygen atoms in total. The second-order valence-corrected chi connectivity index (χ2v) is 5.37. The number of rotatable bonds is 3. The maximum atomic E-state index is 12.0. The number of hydrogen-bond acceptors (Lipinski definition) is 5. The minimum atomic E-state index is -0.620. The first-order valence-corrected chi connectivity index (χ1v) is 7.60. The summed E-state index contributed by atoms with van der Waals surface area (Å²) in [7, 11) is 0. The van der Waals surface area contributed by atoms with E-state index in [0.717, 1.165) is 16.5 Å². The standard InChI is InChI=1S/C20H12O5/c21-19-12-16(13-5-2-1-3-6-13)15-9-8-14(11-18(15)25-19)24-20(22)17-7-4-10-23-17/h1-12H. The van der Waals surface area contributed by atoms with Crippen molar-refractivity contribution in [1.29, 1.82) is 0 Å². The highest BCUT2D eigenvalue weighted by Gasteiger charge is 2.13. The fourth-order valence-electron chi connectivity index (χ4n) is 2.62. The second kappa shape index (κ2) is 6.13. The Kier molecular flexibility index (Phi) is 3.67. The van der Waals surface area contributed by atoms with Gasteiger partial charge in [-0.1, -0.05) is 30.3 Å². The molecule has 4 rings (SSSR count). The van der Waals surface area contributed by atoms with E-state index in [1.807, 2.05) is 30.3 Å². The molecule has 0 saturated heterocycles. The quantitative estimate of drug-likeness (QED) is 0.318. The Balaban J connectivity index is 1.77. The summed E-state index contributed by atoms with van der Waals surface area (Å²) in [5.41, 5.74) is 1.54. The van der Waals surface area contributed by atoms with Gasteiger partial charge in [0, 0.05) is 17.5 Å². The minimum absolute atomic E-state index is 0.0968. The molecule has 4 aromatic rings. The van der Waals surface area contributed by atoms with Crippen LogP contribution < -0.4 is 10.4 Å². The average molecular weight is 332 g/mol. The van der Waals surface area contributed by atoms with Crippen molar-refractivity contribution < 1.29 is 18.4 Å². The monoisotopic (exact) mass is 332 g/mol. The molecule has 0 radical (unpaired) electrons. The van der Waals surface area contributed by atoms with Crippen LogP contribution in [0.25, 0.3) is 22.1 Å². The van der Waals surface area contributed by atoms with Crippen LogP contribution in [0.4, 0.5) is 0 Å². The van der Waals surface area contributed by atoms with Gasteiger partial charge in [0.2, 0.25) is 5.76 Å². The van der Waals surface area contributed by atoms with Crippen LogP contribution >= 0.6 is 0 Å². The summed E-state index contributed by atoms with van der Waals surface area (Å²) in [6.45, 7) is 0. The lowest BCUT2D eigenvalue weighted by atomic mass is 10.0. The Morgan fingerprint density at radius 1 is 0.920 bits per heavy atom. The SMILES string of the molecule is O=C(Oc1ccc2c(-c3ccccc3)cc(=O)oc2c1)c1ccco1. The highest BCUT2D eigenvalue weighted by Crippen LogP contribution is 2.29. The molecule has 0 aliphatic heterocycles. The van der Waals surface area contributed by atoms with E-state index in [0.29, 0.717) is 5.58 Å². The Labute approximate surface area is 142 Å². The molecule has 0 aliphatic rings. The molecule has 0 unspecified atom stereocenters. The van der Waals surface area contributed by atoms with Gasteiger partial charge < -0.3 is 13.6 Å². The van der Waals surface area contributed by atoms with Crippen LogP contribution in [-0.2, 0) is 0 Å². The van der Waals surface area contributed by atoms with Gasteiger partial charge in [0.05, 0.1) is 6.26 Å². The van der Waals surface area contributed by atoms with E-state index in [1.54, 1.807) is 18.2 Å². The minimum Gasteiger partial charge on any atom is -0.457 e. The second-order valence-electron chi connectivity index (χ2n) is 5.37. The molecule has 2 aromatic heterocycles. The summed E-state index contributed by atoms with van der Waals surface area (Å²) < 4.78 is 15.5. The summed E-state index contributed by atoms with van der Waals surface area (Å²) in [6.07, 6.45) is 1.39. The van der Waals surface area contributed by atoms with Gasteiger partial charge >= 0.3 is 11.6 Å². The Hall–Kier alpha value is -3.60. The number of carbonyl (C=O) groups is 1. The van der Waals surface area contributed by atoms with Crippen molar-refractivity contribution in [2.24, 2.45) is 0 Å². The van der Waals surface area contributed by atoms with Crippen molar-refractivity contribution in [3.63, 3.8) is 0 Å². The zero-order valence-electron chi connectivity index (χ0n) is 13.0. The van der Waals surface area contributed by atoms with Crippen LogP contribution in [0.1, 0.15) is 10.6 Å². The predicted octanol–water partition coefficient (Wildman–Crippen LogP) is 4.27. The van der Waals surface area contributed by atoms with Gasteiger partial charge in [-0.05, 0) is 35.4 Å². The zero-order chi connectivity index (χ0) is 17.2. The molecule has 2 heterocycles. The average Bonchev–Trinajstić information content (AvgIpc) is 3.16. The third-order valence-corrected chi connectivity index (χ3v) is 3.73. The summed E-state index contributed by atoms with van der Waals surface area (Å²) in [5, 5.41) is 0.753. The third kappa shape index (κ3) is 2.95. The van der Waals surface area contributed by atoms with Crippen LogP contribution in [0, 0.1) is 0 Å². The first-order chi connectivity index (χ1) is 12.2. The van der Waals surface area contributed by atoms with Gasteiger partial charge in [0.15, 0.2) is 0 Å². The highest BCUT2D eigenvalue weighted by molar-refractivity contribution is 5.94. The molecule has 0 amide bonds. The Bertz CT molecular complexity index is 1090. The molecule has 0 atom stereocenters. The maximum absolute atomic E-state index is 12.0. The summed E-state index contributed by atoms with van der Waals surface area (Å²) >= 11 is 0. The molecule has 2 aromatic carbocycles. The first-order valence-electron chi connectivity index (χ1n) is 7.60. The molecule has 0 saturated carbocycles. The van der Waals surface area contributed by atoms with Gasteiger partial charge in [-0.15, -0.1) is 0 Å². The Morgan fingerprint density at radius 2 is 1.76 bits per heavy atom. The van der Waals surface area contributed by atoms with Gasteiger partial charge in [-0.3, -0.25) is 0 Å². The summed E-state index contributed by atoms with van der Waals surface area (Å²) in [4.78, 5) is 23.9. The maximum Gasteiger partial charge on any atom is 0.379 e. The van der Waals surface area contributed by atoms with Crippen LogP contribution in [0.5, 0.6) is 5.75 Å². The first kappa shape index (κ1) is 15.0. The highest BCUT2D eigenvalue weighted by atomic mass is 16.5. The zero-order valence-corrected chi connectivity index (χ0v) is 13.0. The van der Waals surface area contributed by atoms with Crippen LogP contribution in [0.15, 0.2) is 86.6 Å². The van der Waals surface area contributed by atoms with Gasteiger partial charge in [0.1, 0.15) is 11.3 Å². The number of benzene rings is 2. The molecule has 0 bridgehead atoms. The fraction of sp³-hybridized carbons (Fsp3) is 0. The van der Waals surface area contributed by atoms with Crippen LogP contribution in [-0.4, -0.2) is 5.97 Å². The normalized spacial score (nSPS) is 10.7. The molecular weight excluding hydrogens is 320 g/mol. The topological polar surface area (TPSA) is 69.7 Å².